The van der Waals surface area contributed by atoms with Gasteiger partial charge in [0.25, 0.3) is 0 Å². The van der Waals surface area contributed by atoms with E-state index in [1.807, 2.05) is 0 Å². The molecule has 1 saturated heterocycles. The van der Waals surface area contributed by atoms with E-state index in [1.165, 1.54) is 0 Å². The number of carboxylic acid groups (broad SMARTS) is 1. The number of hydrogen-bond donors (Lipinski definition) is 2. The fourth-order valence-electron chi connectivity index (χ4n) is 2.03. The van der Waals surface area contributed by atoms with Gasteiger partial charge in [0, 0.05) is 18.7 Å². The van der Waals surface area contributed by atoms with E-state index in [0.717, 1.165) is 11.3 Å². The summed E-state index contributed by atoms with van der Waals surface area (Å²) in [5, 5.41) is 15.5. The normalized spacial score (nSPS) is 20.8. The minimum absolute atomic E-state index is 0.0705. The zero-order valence-corrected chi connectivity index (χ0v) is 10.3. The lowest BCUT2D eigenvalue weighted by atomic mass is 10.1. The fourth-order valence-corrected chi connectivity index (χ4v) is 2.03. The maximum atomic E-state index is 11.4. The van der Waals surface area contributed by atoms with Gasteiger partial charge in [0.1, 0.15) is 11.8 Å². The number of aliphatic carboxylic acids is 1. The predicted octanol–water partition coefficient (Wildman–Crippen LogP) is -0.324. The van der Waals surface area contributed by atoms with Crippen LogP contribution in [0.1, 0.15) is 17.0 Å². The van der Waals surface area contributed by atoms with Gasteiger partial charge >= 0.3 is 5.97 Å². The summed E-state index contributed by atoms with van der Waals surface area (Å²) in [6.07, 6.45) is 0. The summed E-state index contributed by atoms with van der Waals surface area (Å²) in [5.74, 6) is -0.455. The number of piperazine rings is 1. The molecule has 2 rings (SSSR count). The summed E-state index contributed by atoms with van der Waals surface area (Å²) in [6.45, 7) is 4.12. The monoisotopic (exact) mass is 253 g/mol. The minimum Gasteiger partial charge on any atom is -0.480 e. The Bertz CT molecular complexity index is 463. The van der Waals surface area contributed by atoms with E-state index in [2.05, 4.69) is 10.5 Å². The third kappa shape index (κ3) is 2.35. The van der Waals surface area contributed by atoms with Crippen LogP contribution in [0.2, 0.25) is 0 Å². The molecule has 1 fully saturated rings. The Hall–Kier alpha value is -1.89. The van der Waals surface area contributed by atoms with Crippen LogP contribution in [0.5, 0.6) is 0 Å². The molecular formula is C11H15N3O4. The average Bonchev–Trinajstić information content (AvgIpc) is 2.60. The molecule has 0 radical (unpaired) electrons. The molecule has 1 aliphatic heterocycles. The van der Waals surface area contributed by atoms with Crippen molar-refractivity contribution in [1.82, 2.24) is 15.4 Å². The summed E-state index contributed by atoms with van der Waals surface area (Å²) < 4.78 is 5.03. The Morgan fingerprint density at radius 3 is 2.89 bits per heavy atom. The van der Waals surface area contributed by atoms with Crippen LogP contribution in [0.4, 0.5) is 0 Å². The highest BCUT2D eigenvalue weighted by Crippen LogP contribution is 2.17. The van der Waals surface area contributed by atoms with Gasteiger partial charge < -0.3 is 14.9 Å². The standard InChI is InChI=1S/C11H15N3O4/c1-6-8(7(2)18-13-6)4-14-5-10(15)12-3-9(14)11(16)17/h9H,3-5H2,1-2H3,(H,12,15)(H,16,17). The van der Waals surface area contributed by atoms with Gasteiger partial charge in [-0.25, -0.2) is 0 Å². The molecule has 1 unspecified atom stereocenters. The van der Waals surface area contributed by atoms with E-state index in [1.54, 1.807) is 18.7 Å². The number of nitrogens with one attached hydrogen (secondary N) is 1. The molecule has 7 heteroatoms. The van der Waals surface area contributed by atoms with Crippen LogP contribution in [0.15, 0.2) is 4.52 Å². The van der Waals surface area contributed by atoms with Crippen LogP contribution in [0, 0.1) is 13.8 Å². The molecule has 0 bridgehead atoms. The molecule has 2 N–H and O–H groups in total. The first-order valence-corrected chi connectivity index (χ1v) is 5.64. The van der Waals surface area contributed by atoms with Gasteiger partial charge in [0.05, 0.1) is 12.2 Å². The van der Waals surface area contributed by atoms with E-state index < -0.39 is 12.0 Å². The molecule has 0 aromatic carbocycles. The van der Waals surface area contributed by atoms with Crippen molar-refractivity contribution in [3.8, 4) is 0 Å². The fraction of sp³-hybridized carbons (Fsp3) is 0.545. The third-order valence-corrected chi connectivity index (χ3v) is 3.11. The predicted molar refractivity (Wildman–Crippen MR) is 60.8 cm³/mol. The van der Waals surface area contributed by atoms with Crippen molar-refractivity contribution in [2.75, 3.05) is 13.1 Å². The van der Waals surface area contributed by atoms with Crippen molar-refractivity contribution in [1.29, 1.82) is 0 Å². The Labute approximate surface area is 104 Å². The van der Waals surface area contributed by atoms with E-state index in [9.17, 15) is 9.59 Å². The van der Waals surface area contributed by atoms with Gasteiger partial charge in [-0.05, 0) is 13.8 Å². The van der Waals surface area contributed by atoms with Gasteiger partial charge in [0.15, 0.2) is 0 Å². The van der Waals surface area contributed by atoms with Crippen molar-refractivity contribution in [2.45, 2.75) is 26.4 Å². The van der Waals surface area contributed by atoms with Crippen LogP contribution in [-0.4, -0.2) is 46.2 Å². The Balaban J connectivity index is 2.19. The van der Waals surface area contributed by atoms with E-state index >= 15 is 0 Å². The number of carbonyl (C=O) groups is 2. The summed E-state index contributed by atoms with van der Waals surface area (Å²) in [6, 6.07) is -0.712. The lowest BCUT2D eigenvalue weighted by Crippen LogP contribution is -2.57. The largest absolute Gasteiger partial charge is 0.480 e. The SMILES string of the molecule is Cc1noc(C)c1CN1CC(=O)NCC1C(=O)O. The van der Waals surface area contributed by atoms with Crippen LogP contribution >= 0.6 is 0 Å². The Morgan fingerprint density at radius 2 is 2.33 bits per heavy atom. The number of amides is 1. The lowest BCUT2D eigenvalue weighted by Gasteiger charge is -2.32. The number of aromatic nitrogens is 1. The zero-order valence-electron chi connectivity index (χ0n) is 10.3. The number of carboxylic acids is 1. The maximum Gasteiger partial charge on any atom is 0.322 e. The van der Waals surface area contributed by atoms with Crippen molar-refractivity contribution < 1.29 is 19.2 Å². The highest BCUT2D eigenvalue weighted by molar-refractivity contribution is 5.83. The molecule has 0 saturated carbocycles. The quantitative estimate of drug-likeness (QED) is 0.766. The van der Waals surface area contributed by atoms with Crippen LogP contribution in [0.3, 0.4) is 0 Å². The number of aryl methyl sites for hydroxylation is 2. The molecule has 18 heavy (non-hydrogen) atoms. The third-order valence-electron chi connectivity index (χ3n) is 3.11. The smallest absolute Gasteiger partial charge is 0.322 e. The highest BCUT2D eigenvalue weighted by Gasteiger charge is 2.32. The molecule has 1 aromatic rings. The second-order valence-corrected chi connectivity index (χ2v) is 4.37. The molecule has 7 nitrogen and oxygen atoms in total. The summed E-state index contributed by atoms with van der Waals surface area (Å²) in [5.41, 5.74) is 1.57. The topological polar surface area (TPSA) is 95.7 Å². The number of carbonyl (C=O) groups excluding carboxylic acids is 1. The van der Waals surface area contributed by atoms with Crippen molar-refractivity contribution >= 4 is 11.9 Å². The number of nitrogens with zero attached hydrogens (tertiary/aromatic N) is 2. The van der Waals surface area contributed by atoms with E-state index in [0.29, 0.717) is 12.3 Å². The maximum absolute atomic E-state index is 11.4. The molecule has 98 valence electrons. The van der Waals surface area contributed by atoms with Crippen LogP contribution in [-0.2, 0) is 16.1 Å². The van der Waals surface area contributed by atoms with E-state index in [-0.39, 0.29) is 19.0 Å². The number of rotatable bonds is 3. The molecule has 1 amide bonds. The summed E-state index contributed by atoms with van der Waals surface area (Å²) in [7, 11) is 0. The highest BCUT2D eigenvalue weighted by atomic mass is 16.5. The van der Waals surface area contributed by atoms with Gasteiger partial charge in [0.2, 0.25) is 5.91 Å². The second kappa shape index (κ2) is 4.77. The molecule has 0 aliphatic carbocycles. The van der Waals surface area contributed by atoms with Crippen molar-refractivity contribution in [3.63, 3.8) is 0 Å². The Kier molecular flexibility index (Phi) is 3.33. The van der Waals surface area contributed by atoms with Gasteiger partial charge in [-0.1, -0.05) is 5.16 Å². The average molecular weight is 253 g/mol. The molecule has 1 atom stereocenters. The van der Waals surface area contributed by atoms with Crippen LogP contribution in [0.25, 0.3) is 0 Å². The van der Waals surface area contributed by atoms with E-state index in [4.69, 9.17) is 9.63 Å². The first kappa shape index (κ1) is 12.6. The van der Waals surface area contributed by atoms with Gasteiger partial charge in [-0.3, -0.25) is 14.5 Å². The lowest BCUT2D eigenvalue weighted by molar-refractivity contribution is -0.146. The first-order chi connectivity index (χ1) is 8.49. The number of hydrogen-bond acceptors (Lipinski definition) is 5. The molecule has 1 aromatic heterocycles. The molecular weight excluding hydrogens is 238 g/mol. The van der Waals surface area contributed by atoms with Crippen molar-refractivity contribution in [3.05, 3.63) is 17.0 Å². The van der Waals surface area contributed by atoms with Crippen LogP contribution < -0.4 is 5.32 Å². The van der Waals surface area contributed by atoms with Crippen molar-refractivity contribution in [2.24, 2.45) is 0 Å². The zero-order chi connectivity index (χ0) is 13.3. The molecule has 1 aliphatic rings. The molecule has 0 spiro atoms. The summed E-state index contributed by atoms with van der Waals surface area (Å²) >= 11 is 0. The first-order valence-electron chi connectivity index (χ1n) is 5.64. The molecule has 2 heterocycles. The summed E-state index contributed by atoms with van der Waals surface area (Å²) in [4.78, 5) is 24.1. The second-order valence-electron chi connectivity index (χ2n) is 4.37. The Morgan fingerprint density at radius 1 is 1.61 bits per heavy atom. The van der Waals surface area contributed by atoms with Gasteiger partial charge in [-0.15, -0.1) is 0 Å². The van der Waals surface area contributed by atoms with Gasteiger partial charge in [-0.2, -0.15) is 0 Å². The minimum atomic E-state index is -0.943.